The first-order valence-electron chi connectivity index (χ1n) is 10.5. The first kappa shape index (κ1) is 24.8. The van der Waals surface area contributed by atoms with Gasteiger partial charge in [-0.15, -0.1) is 10.2 Å². The smallest absolute Gasteiger partial charge is 0.191 e. The van der Waals surface area contributed by atoms with E-state index in [-0.39, 0.29) is 0 Å². The van der Waals surface area contributed by atoms with Crippen LogP contribution in [-0.2, 0) is 17.7 Å². The zero-order valence-electron chi connectivity index (χ0n) is 18.6. The second-order valence-electron chi connectivity index (χ2n) is 7.69. The molecule has 0 aliphatic rings. The van der Waals surface area contributed by atoms with Crippen LogP contribution in [0.4, 0.5) is 0 Å². The quantitative estimate of drug-likeness (QED) is 0.211. The Morgan fingerprint density at radius 3 is 2.57 bits per heavy atom. The Balaban J connectivity index is 2.40. The molecular formula is C20H40N6OS. The third-order valence-corrected chi connectivity index (χ3v) is 4.74. The van der Waals surface area contributed by atoms with E-state index in [9.17, 15) is 0 Å². The van der Waals surface area contributed by atoms with Crippen molar-refractivity contribution in [1.29, 1.82) is 0 Å². The lowest BCUT2D eigenvalue weighted by Gasteiger charge is -2.12. The van der Waals surface area contributed by atoms with Crippen molar-refractivity contribution < 1.29 is 4.74 Å². The third-order valence-electron chi connectivity index (χ3n) is 4.07. The molecule has 28 heavy (non-hydrogen) atoms. The van der Waals surface area contributed by atoms with Crippen LogP contribution < -0.4 is 10.6 Å². The highest BCUT2D eigenvalue weighted by Gasteiger charge is 2.12. The molecule has 8 heteroatoms. The summed E-state index contributed by atoms with van der Waals surface area (Å²) in [5.74, 6) is 3.17. The molecule has 1 aromatic rings. The van der Waals surface area contributed by atoms with Gasteiger partial charge in [-0.1, -0.05) is 39.5 Å². The maximum atomic E-state index is 5.65. The number of guanidine groups is 1. The van der Waals surface area contributed by atoms with Gasteiger partial charge in [0.05, 0.1) is 6.61 Å². The third kappa shape index (κ3) is 10.3. The summed E-state index contributed by atoms with van der Waals surface area (Å²) < 4.78 is 7.90. The Labute approximate surface area is 175 Å². The van der Waals surface area contributed by atoms with Crippen molar-refractivity contribution in [2.45, 2.75) is 65.6 Å². The molecule has 0 aliphatic carbocycles. The van der Waals surface area contributed by atoms with Crippen LogP contribution in [0.1, 0.15) is 53.3 Å². The zero-order valence-corrected chi connectivity index (χ0v) is 19.4. The highest BCUT2D eigenvalue weighted by Crippen LogP contribution is 2.16. The molecule has 0 spiro atoms. The number of aliphatic imine (C=N–C) groups is 1. The average molecular weight is 413 g/mol. The molecule has 162 valence electrons. The maximum Gasteiger partial charge on any atom is 0.191 e. The van der Waals surface area contributed by atoms with Crippen LogP contribution in [-0.4, -0.2) is 59.8 Å². The van der Waals surface area contributed by atoms with Crippen LogP contribution in [0, 0.1) is 11.8 Å². The predicted molar refractivity (Wildman–Crippen MR) is 119 cm³/mol. The molecule has 0 saturated carbocycles. The van der Waals surface area contributed by atoms with Gasteiger partial charge >= 0.3 is 0 Å². The number of aromatic nitrogens is 3. The first-order chi connectivity index (χ1) is 13.5. The number of aryl methyl sites for hydroxylation is 1. The van der Waals surface area contributed by atoms with Crippen LogP contribution in [0.5, 0.6) is 0 Å². The molecule has 0 unspecified atom stereocenters. The molecular weight excluding hydrogens is 372 g/mol. The number of hydrogen-bond acceptors (Lipinski definition) is 5. The van der Waals surface area contributed by atoms with Crippen molar-refractivity contribution >= 4 is 17.7 Å². The van der Waals surface area contributed by atoms with Gasteiger partial charge in [0, 0.05) is 39.2 Å². The van der Waals surface area contributed by atoms with Gasteiger partial charge < -0.3 is 19.9 Å². The summed E-state index contributed by atoms with van der Waals surface area (Å²) in [6.45, 7) is 15.8. The van der Waals surface area contributed by atoms with Gasteiger partial charge in [0.15, 0.2) is 11.1 Å². The van der Waals surface area contributed by atoms with Crippen molar-refractivity contribution in [2.75, 3.05) is 39.1 Å². The molecule has 1 aromatic heterocycles. The first-order valence-corrected chi connectivity index (χ1v) is 11.8. The summed E-state index contributed by atoms with van der Waals surface area (Å²) in [5.41, 5.74) is 0. The number of nitrogens with one attached hydrogen (secondary N) is 2. The summed E-state index contributed by atoms with van der Waals surface area (Å²) in [5, 5.41) is 16.3. The molecule has 0 saturated heterocycles. The van der Waals surface area contributed by atoms with E-state index in [4.69, 9.17) is 4.74 Å². The summed E-state index contributed by atoms with van der Waals surface area (Å²) >= 11 is 1.65. The van der Waals surface area contributed by atoms with E-state index in [1.54, 1.807) is 11.8 Å². The van der Waals surface area contributed by atoms with Crippen molar-refractivity contribution in [2.24, 2.45) is 16.8 Å². The van der Waals surface area contributed by atoms with E-state index in [0.29, 0.717) is 18.4 Å². The number of nitrogens with zero attached hydrogens (tertiary/aromatic N) is 4. The van der Waals surface area contributed by atoms with Crippen LogP contribution in [0.25, 0.3) is 0 Å². The Bertz CT molecular complexity index is 559. The normalized spacial score (nSPS) is 12.2. The summed E-state index contributed by atoms with van der Waals surface area (Å²) in [7, 11) is 0. The highest BCUT2D eigenvalue weighted by atomic mass is 32.2. The Morgan fingerprint density at radius 2 is 1.93 bits per heavy atom. The molecule has 0 atom stereocenters. The summed E-state index contributed by atoms with van der Waals surface area (Å²) in [6, 6.07) is 0. The predicted octanol–water partition coefficient (Wildman–Crippen LogP) is 3.21. The van der Waals surface area contributed by atoms with Crippen LogP contribution in [0.2, 0.25) is 0 Å². The lowest BCUT2D eigenvalue weighted by Crippen LogP contribution is -2.39. The standard InChI is InChI=1S/C20H40N6OS/c1-7-21-19(23-12-14-27-13-10-16(2)3)22-11-8-9-18-24-25-20(28-6)26(18)15-17(4)5/h16-17H,7-15H2,1-6H3,(H2,21,22,23). The number of thioether (sulfide) groups is 1. The van der Waals surface area contributed by atoms with Gasteiger partial charge in [-0.2, -0.15) is 0 Å². The summed E-state index contributed by atoms with van der Waals surface area (Å²) in [6.07, 6.45) is 5.00. The lowest BCUT2D eigenvalue weighted by molar-refractivity contribution is 0.128. The largest absolute Gasteiger partial charge is 0.380 e. The fourth-order valence-electron chi connectivity index (χ4n) is 2.64. The Hall–Kier alpha value is -1.28. The molecule has 1 heterocycles. The van der Waals surface area contributed by atoms with E-state index in [1.165, 1.54) is 0 Å². The second-order valence-corrected chi connectivity index (χ2v) is 8.47. The van der Waals surface area contributed by atoms with Gasteiger partial charge in [0.1, 0.15) is 5.82 Å². The molecule has 0 aromatic carbocycles. The number of rotatable bonds is 14. The number of hydrogen-bond donors (Lipinski definition) is 2. The minimum Gasteiger partial charge on any atom is -0.380 e. The van der Waals surface area contributed by atoms with Crippen LogP contribution >= 0.6 is 11.8 Å². The average Bonchev–Trinajstić information content (AvgIpc) is 3.02. The second kappa shape index (κ2) is 14.7. The number of ether oxygens (including phenoxy) is 1. The van der Waals surface area contributed by atoms with Gasteiger partial charge in [0.25, 0.3) is 0 Å². The maximum absolute atomic E-state index is 5.65. The van der Waals surface area contributed by atoms with Crippen LogP contribution in [0.3, 0.4) is 0 Å². The van der Waals surface area contributed by atoms with Gasteiger partial charge in [-0.25, -0.2) is 0 Å². The van der Waals surface area contributed by atoms with Crippen molar-refractivity contribution in [1.82, 2.24) is 25.4 Å². The monoisotopic (exact) mass is 412 g/mol. The van der Waals surface area contributed by atoms with E-state index < -0.39 is 0 Å². The molecule has 0 amide bonds. The topological polar surface area (TPSA) is 76.4 Å². The Kier molecular flexibility index (Phi) is 13.0. The zero-order chi connectivity index (χ0) is 20.8. The van der Waals surface area contributed by atoms with E-state index in [0.717, 1.165) is 69.0 Å². The fourth-order valence-corrected chi connectivity index (χ4v) is 3.16. The lowest BCUT2D eigenvalue weighted by atomic mass is 10.1. The van der Waals surface area contributed by atoms with E-state index in [2.05, 4.69) is 71.3 Å². The molecule has 7 nitrogen and oxygen atoms in total. The molecule has 1 rings (SSSR count). The highest BCUT2D eigenvalue weighted by molar-refractivity contribution is 7.98. The van der Waals surface area contributed by atoms with Crippen molar-refractivity contribution in [3.63, 3.8) is 0 Å². The summed E-state index contributed by atoms with van der Waals surface area (Å²) in [4.78, 5) is 4.67. The van der Waals surface area contributed by atoms with Crippen LogP contribution in [0.15, 0.2) is 10.1 Å². The van der Waals surface area contributed by atoms with E-state index in [1.807, 2.05) is 0 Å². The molecule has 0 fully saturated rings. The van der Waals surface area contributed by atoms with E-state index >= 15 is 0 Å². The van der Waals surface area contributed by atoms with Crippen molar-refractivity contribution in [3.8, 4) is 0 Å². The SMILES string of the molecule is CCNC(=NCCCc1nnc(SC)n1CC(C)C)NCCOCCC(C)C. The minimum absolute atomic E-state index is 0.575. The molecule has 0 radical (unpaired) electrons. The molecule has 0 aliphatic heterocycles. The molecule has 2 N–H and O–H groups in total. The van der Waals surface area contributed by atoms with Gasteiger partial charge in [0.2, 0.25) is 0 Å². The fraction of sp³-hybridized carbons (Fsp3) is 0.850. The molecule has 0 bridgehead atoms. The Morgan fingerprint density at radius 1 is 1.14 bits per heavy atom. The van der Waals surface area contributed by atoms with Gasteiger partial charge in [-0.05, 0) is 37.9 Å². The van der Waals surface area contributed by atoms with Crippen molar-refractivity contribution in [3.05, 3.63) is 5.82 Å². The van der Waals surface area contributed by atoms with Gasteiger partial charge in [-0.3, -0.25) is 4.99 Å². The minimum atomic E-state index is 0.575.